The molecule has 28 heavy (non-hydrogen) atoms. The molecule has 0 aliphatic rings. The smallest absolute Gasteiger partial charge is 0.332 e. The number of nitrogens with one attached hydrogen (secondary N) is 1. The Kier molecular flexibility index (Phi) is 4.81. The second kappa shape index (κ2) is 6.96. The van der Waals surface area contributed by atoms with Gasteiger partial charge in [0.1, 0.15) is 5.75 Å². The van der Waals surface area contributed by atoms with E-state index in [0.717, 1.165) is 10.8 Å². The molecule has 11 nitrogen and oxygen atoms in total. The summed E-state index contributed by atoms with van der Waals surface area (Å²) in [5.41, 5.74) is 3.00. The summed E-state index contributed by atoms with van der Waals surface area (Å²) in [6, 6.07) is 6.24. The molecule has 1 aromatic carbocycles. The number of hydrazone groups is 1. The summed E-state index contributed by atoms with van der Waals surface area (Å²) in [6.07, 6.45) is 2.45. The van der Waals surface area contributed by atoms with Crippen molar-refractivity contribution in [3.8, 4) is 5.75 Å². The standard InChI is InChI=1S/C16H18N6O5S/c1-20-12-13(21(2)16(24)22(3)14(12)23)18-15(20)19-17-9-10-5-7-11(8-6-10)27-28(4,25)26/h5-9H,1-4H3,(H,18,19)/b17-9+. The maximum Gasteiger partial charge on any atom is 0.332 e. The molecule has 0 bridgehead atoms. The van der Waals surface area contributed by atoms with Crippen LogP contribution in [-0.2, 0) is 31.3 Å². The minimum Gasteiger partial charge on any atom is -0.383 e. The van der Waals surface area contributed by atoms with Gasteiger partial charge < -0.3 is 8.75 Å². The van der Waals surface area contributed by atoms with Crippen LogP contribution >= 0.6 is 0 Å². The van der Waals surface area contributed by atoms with E-state index in [-0.39, 0.29) is 22.9 Å². The lowest BCUT2D eigenvalue weighted by atomic mass is 10.2. The molecule has 0 fully saturated rings. The number of hydrogen-bond donors (Lipinski definition) is 1. The normalized spacial score (nSPS) is 12.0. The topological polar surface area (TPSA) is 130 Å². The Morgan fingerprint density at radius 3 is 2.32 bits per heavy atom. The Bertz CT molecular complexity index is 1300. The third kappa shape index (κ3) is 3.67. The van der Waals surface area contributed by atoms with Crippen molar-refractivity contribution in [1.82, 2.24) is 18.7 Å². The minimum absolute atomic E-state index is 0.194. The summed E-state index contributed by atoms with van der Waals surface area (Å²) in [5.74, 6) is 0.473. The van der Waals surface area contributed by atoms with E-state index in [4.69, 9.17) is 4.18 Å². The molecule has 3 rings (SSSR count). The van der Waals surface area contributed by atoms with Crippen LogP contribution in [-0.4, -0.2) is 39.6 Å². The van der Waals surface area contributed by atoms with Crippen LogP contribution in [0.25, 0.3) is 11.2 Å². The van der Waals surface area contributed by atoms with Crippen molar-refractivity contribution < 1.29 is 12.6 Å². The Morgan fingerprint density at radius 2 is 1.71 bits per heavy atom. The highest BCUT2D eigenvalue weighted by atomic mass is 32.2. The monoisotopic (exact) mass is 406 g/mol. The molecule has 2 heterocycles. The van der Waals surface area contributed by atoms with Gasteiger partial charge in [-0.15, -0.1) is 0 Å². The number of fused-ring (bicyclic) bond motifs is 1. The molecule has 0 unspecified atom stereocenters. The Morgan fingerprint density at radius 1 is 1.07 bits per heavy atom. The van der Waals surface area contributed by atoms with E-state index in [1.165, 1.54) is 41.6 Å². The van der Waals surface area contributed by atoms with Gasteiger partial charge in [-0.25, -0.2) is 10.2 Å². The van der Waals surface area contributed by atoms with Gasteiger partial charge in [-0.1, -0.05) is 0 Å². The first-order chi connectivity index (χ1) is 13.1. The first-order valence-corrected chi connectivity index (χ1v) is 9.81. The van der Waals surface area contributed by atoms with E-state index in [1.807, 2.05) is 0 Å². The van der Waals surface area contributed by atoms with Crippen LogP contribution in [0.1, 0.15) is 5.56 Å². The largest absolute Gasteiger partial charge is 0.383 e. The molecule has 0 radical (unpaired) electrons. The van der Waals surface area contributed by atoms with Crippen molar-refractivity contribution in [2.75, 3.05) is 11.7 Å². The number of anilines is 1. The van der Waals surface area contributed by atoms with Gasteiger partial charge in [0.25, 0.3) is 5.56 Å². The maximum atomic E-state index is 12.3. The molecule has 0 amide bonds. The minimum atomic E-state index is -3.58. The quantitative estimate of drug-likeness (QED) is 0.351. The molecule has 0 atom stereocenters. The molecule has 2 aromatic heterocycles. The number of benzene rings is 1. The van der Waals surface area contributed by atoms with Crippen molar-refractivity contribution in [3.63, 3.8) is 0 Å². The third-order valence-electron chi connectivity index (χ3n) is 3.98. The summed E-state index contributed by atoms with van der Waals surface area (Å²) >= 11 is 0. The van der Waals surface area contributed by atoms with Crippen LogP contribution < -0.4 is 20.9 Å². The van der Waals surface area contributed by atoms with Gasteiger partial charge in [0.2, 0.25) is 5.95 Å². The molecule has 148 valence electrons. The summed E-state index contributed by atoms with van der Waals surface area (Å²) in [7, 11) is 0.987. The van der Waals surface area contributed by atoms with Gasteiger partial charge in [-0.2, -0.15) is 18.5 Å². The number of aromatic nitrogens is 4. The second-order valence-corrected chi connectivity index (χ2v) is 7.67. The van der Waals surface area contributed by atoms with E-state index >= 15 is 0 Å². The predicted octanol–water partition coefficient (Wildman–Crippen LogP) is -0.245. The number of hydrogen-bond acceptors (Lipinski definition) is 8. The van der Waals surface area contributed by atoms with E-state index in [9.17, 15) is 18.0 Å². The van der Waals surface area contributed by atoms with Crippen molar-refractivity contribution in [1.29, 1.82) is 0 Å². The molecule has 0 aliphatic carbocycles. The highest BCUT2D eigenvalue weighted by molar-refractivity contribution is 7.86. The average molecular weight is 406 g/mol. The van der Waals surface area contributed by atoms with E-state index in [1.54, 1.807) is 19.2 Å². The zero-order valence-corrected chi connectivity index (χ0v) is 16.4. The zero-order valence-electron chi connectivity index (χ0n) is 15.6. The fourth-order valence-electron chi connectivity index (χ4n) is 2.57. The fourth-order valence-corrected chi connectivity index (χ4v) is 3.03. The molecule has 0 spiro atoms. The molecule has 3 aromatic rings. The number of nitrogens with zero attached hydrogens (tertiary/aromatic N) is 5. The second-order valence-electron chi connectivity index (χ2n) is 6.10. The van der Waals surface area contributed by atoms with Crippen molar-refractivity contribution in [3.05, 3.63) is 50.7 Å². The molecular formula is C16H18N6O5S. The highest BCUT2D eigenvalue weighted by Crippen LogP contribution is 2.14. The van der Waals surface area contributed by atoms with Gasteiger partial charge >= 0.3 is 15.8 Å². The highest BCUT2D eigenvalue weighted by Gasteiger charge is 2.16. The number of rotatable bonds is 5. The van der Waals surface area contributed by atoms with Crippen LogP contribution in [0.5, 0.6) is 5.75 Å². The summed E-state index contributed by atoms with van der Waals surface area (Å²) in [6.45, 7) is 0. The SMILES string of the molecule is Cn1c(=O)c2c(nc(N/N=C/c3ccc(OS(C)(=O)=O)cc3)n2C)n(C)c1=O. The maximum absolute atomic E-state index is 12.3. The molecule has 0 saturated heterocycles. The predicted molar refractivity (Wildman–Crippen MR) is 104 cm³/mol. The van der Waals surface area contributed by atoms with Crippen LogP contribution in [0.15, 0.2) is 39.0 Å². The number of aryl methyl sites for hydroxylation is 2. The van der Waals surface area contributed by atoms with E-state index in [2.05, 4.69) is 15.5 Å². The first-order valence-electron chi connectivity index (χ1n) is 7.99. The van der Waals surface area contributed by atoms with Crippen molar-refractivity contribution >= 4 is 33.4 Å². The lowest BCUT2D eigenvalue weighted by molar-refractivity contribution is 0.493. The van der Waals surface area contributed by atoms with Crippen LogP contribution in [0, 0.1) is 0 Å². The van der Waals surface area contributed by atoms with Crippen LogP contribution in [0.2, 0.25) is 0 Å². The van der Waals surface area contributed by atoms with Gasteiger partial charge in [0.15, 0.2) is 11.2 Å². The first kappa shape index (κ1) is 19.4. The Labute approximate surface area is 159 Å². The Balaban J connectivity index is 1.85. The Hall–Kier alpha value is -3.41. The van der Waals surface area contributed by atoms with Crippen LogP contribution in [0.4, 0.5) is 5.95 Å². The van der Waals surface area contributed by atoms with Crippen molar-refractivity contribution in [2.24, 2.45) is 26.2 Å². The van der Waals surface area contributed by atoms with Crippen molar-refractivity contribution in [2.45, 2.75) is 0 Å². The summed E-state index contributed by atoms with van der Waals surface area (Å²) in [4.78, 5) is 28.6. The van der Waals surface area contributed by atoms with Gasteiger partial charge in [0.05, 0.1) is 12.5 Å². The zero-order chi connectivity index (χ0) is 20.6. The molecule has 0 aliphatic heterocycles. The molecule has 12 heteroatoms. The lowest BCUT2D eigenvalue weighted by Crippen LogP contribution is -2.37. The van der Waals surface area contributed by atoms with E-state index < -0.39 is 21.4 Å². The van der Waals surface area contributed by atoms with Crippen LogP contribution in [0.3, 0.4) is 0 Å². The fraction of sp³-hybridized carbons (Fsp3) is 0.250. The lowest BCUT2D eigenvalue weighted by Gasteiger charge is -2.03. The number of imidazole rings is 1. The van der Waals surface area contributed by atoms with E-state index in [0.29, 0.717) is 5.56 Å². The molecular weight excluding hydrogens is 388 g/mol. The molecule has 0 saturated carbocycles. The van der Waals surface area contributed by atoms with Gasteiger partial charge in [0, 0.05) is 21.1 Å². The average Bonchev–Trinajstić information content (AvgIpc) is 2.95. The summed E-state index contributed by atoms with van der Waals surface area (Å²) < 4.78 is 30.8. The summed E-state index contributed by atoms with van der Waals surface area (Å²) in [5, 5.41) is 4.06. The van der Waals surface area contributed by atoms with Gasteiger partial charge in [-0.05, 0) is 29.8 Å². The molecule has 1 N–H and O–H groups in total. The van der Waals surface area contributed by atoms with Gasteiger partial charge in [-0.3, -0.25) is 13.9 Å². The third-order valence-corrected chi connectivity index (χ3v) is 4.48.